The van der Waals surface area contributed by atoms with E-state index in [0.717, 1.165) is 5.69 Å². The van der Waals surface area contributed by atoms with Crippen LogP contribution in [0.1, 0.15) is 17.8 Å². The number of aromatic amines is 1. The van der Waals surface area contributed by atoms with Crippen LogP contribution < -0.4 is 10.1 Å². The lowest BCUT2D eigenvalue weighted by Gasteiger charge is -2.11. The van der Waals surface area contributed by atoms with Crippen LogP contribution in [0.2, 0.25) is 0 Å². The summed E-state index contributed by atoms with van der Waals surface area (Å²) in [4.78, 5) is 15.4. The predicted octanol–water partition coefficient (Wildman–Crippen LogP) is 4.18. The first-order valence-corrected chi connectivity index (χ1v) is 6.49. The van der Waals surface area contributed by atoms with Crippen molar-refractivity contribution in [3.05, 3.63) is 47.9 Å². The third-order valence-corrected chi connectivity index (χ3v) is 3.78. The van der Waals surface area contributed by atoms with Crippen LogP contribution >= 0.6 is 0 Å². The molecule has 112 valence electrons. The number of H-pyrrole nitrogens is 1. The zero-order chi connectivity index (χ0) is 14.6. The summed E-state index contributed by atoms with van der Waals surface area (Å²) in [5, 5.41) is 3.68. The van der Waals surface area contributed by atoms with Crippen LogP contribution in [0.25, 0.3) is 22.0 Å². The molecule has 0 saturated carbocycles. The molecule has 0 radical (unpaired) electrons. The number of carbonyl (C=O) groups is 1. The van der Waals surface area contributed by atoms with Crippen LogP contribution in [0.15, 0.2) is 36.5 Å². The van der Waals surface area contributed by atoms with Crippen molar-refractivity contribution >= 4 is 22.4 Å². The number of benzene rings is 2. The SMILES string of the molecule is C.COc1cc(-c2ccc[nH]2)c2c3c(ccc(F)c13)NC2=O. The van der Waals surface area contributed by atoms with Gasteiger partial charge in [0.25, 0.3) is 5.91 Å². The van der Waals surface area contributed by atoms with Gasteiger partial charge in [-0.05, 0) is 30.3 Å². The molecule has 4 rings (SSSR count). The standard InChI is InChI=1S/C16H11FN2O2.CH4/c1-21-12-7-8(10-3-2-6-18-10)13-15-11(19-16(13)20)5-4-9(17)14(12)15;/h2-7,18H,1H3,(H,19,20);1H4. The molecule has 1 aliphatic rings. The average Bonchev–Trinajstić information content (AvgIpc) is 3.12. The van der Waals surface area contributed by atoms with Crippen molar-refractivity contribution in [3.8, 4) is 17.0 Å². The van der Waals surface area contributed by atoms with E-state index in [2.05, 4.69) is 10.3 Å². The number of carbonyl (C=O) groups excluding carboxylic acids is 1. The topological polar surface area (TPSA) is 54.1 Å². The van der Waals surface area contributed by atoms with Crippen molar-refractivity contribution < 1.29 is 13.9 Å². The molecule has 2 N–H and O–H groups in total. The Hall–Kier alpha value is -2.82. The molecule has 2 aromatic carbocycles. The first-order chi connectivity index (χ1) is 10.2. The Morgan fingerprint density at radius 1 is 1.18 bits per heavy atom. The second-order valence-corrected chi connectivity index (χ2v) is 4.88. The van der Waals surface area contributed by atoms with Crippen molar-refractivity contribution in [2.75, 3.05) is 12.4 Å². The third kappa shape index (κ3) is 1.72. The summed E-state index contributed by atoms with van der Waals surface area (Å²) in [7, 11) is 1.49. The molecule has 1 aliphatic heterocycles. The molecular formula is C17H15FN2O2. The Morgan fingerprint density at radius 3 is 2.68 bits per heavy atom. The predicted molar refractivity (Wildman–Crippen MR) is 84.9 cm³/mol. The Morgan fingerprint density at radius 2 is 2.00 bits per heavy atom. The second-order valence-electron chi connectivity index (χ2n) is 4.88. The molecule has 0 unspecified atom stereocenters. The van der Waals surface area contributed by atoms with E-state index in [9.17, 15) is 9.18 Å². The normalized spacial score (nSPS) is 12.2. The number of ether oxygens (including phenoxy) is 1. The van der Waals surface area contributed by atoms with Gasteiger partial charge in [0.05, 0.1) is 23.7 Å². The molecule has 0 saturated heterocycles. The van der Waals surface area contributed by atoms with Gasteiger partial charge in [0.2, 0.25) is 0 Å². The zero-order valence-electron chi connectivity index (χ0n) is 11.2. The maximum absolute atomic E-state index is 14.2. The monoisotopic (exact) mass is 298 g/mol. The van der Waals surface area contributed by atoms with Gasteiger partial charge in [0.1, 0.15) is 11.6 Å². The lowest BCUT2D eigenvalue weighted by Crippen LogP contribution is -2.06. The summed E-state index contributed by atoms with van der Waals surface area (Å²) in [5.41, 5.74) is 2.57. The van der Waals surface area contributed by atoms with Crippen LogP contribution in [-0.2, 0) is 0 Å². The number of aromatic nitrogens is 1. The number of amides is 1. The molecule has 22 heavy (non-hydrogen) atoms. The minimum absolute atomic E-state index is 0. The smallest absolute Gasteiger partial charge is 0.257 e. The van der Waals surface area contributed by atoms with Gasteiger partial charge in [0, 0.05) is 22.8 Å². The molecule has 1 aromatic heterocycles. The molecular weight excluding hydrogens is 283 g/mol. The summed E-state index contributed by atoms with van der Waals surface area (Å²) < 4.78 is 19.5. The molecule has 0 atom stereocenters. The molecule has 1 amide bonds. The fraction of sp³-hybridized carbons (Fsp3) is 0.118. The van der Waals surface area contributed by atoms with Crippen molar-refractivity contribution in [2.24, 2.45) is 0 Å². The Bertz CT molecular complexity index is 886. The maximum atomic E-state index is 14.2. The van der Waals surface area contributed by atoms with Gasteiger partial charge in [0.15, 0.2) is 0 Å². The van der Waals surface area contributed by atoms with Gasteiger partial charge in [-0.2, -0.15) is 0 Å². The number of rotatable bonds is 2. The second kappa shape index (κ2) is 4.87. The minimum atomic E-state index is -0.401. The lowest BCUT2D eigenvalue weighted by molar-refractivity contribution is 0.103. The zero-order valence-corrected chi connectivity index (χ0v) is 11.2. The van der Waals surface area contributed by atoms with Crippen LogP contribution in [0.3, 0.4) is 0 Å². The van der Waals surface area contributed by atoms with Crippen molar-refractivity contribution in [2.45, 2.75) is 7.43 Å². The summed E-state index contributed by atoms with van der Waals surface area (Å²) in [6.07, 6.45) is 1.78. The highest BCUT2D eigenvalue weighted by atomic mass is 19.1. The molecule has 2 heterocycles. The molecule has 3 aromatic rings. The van der Waals surface area contributed by atoms with Crippen LogP contribution in [0.5, 0.6) is 5.75 Å². The Kier molecular flexibility index (Phi) is 3.13. The van der Waals surface area contributed by atoms with Crippen molar-refractivity contribution in [1.29, 1.82) is 0 Å². The first kappa shape index (κ1) is 14.1. The maximum Gasteiger partial charge on any atom is 0.257 e. The van der Waals surface area contributed by atoms with E-state index < -0.39 is 5.82 Å². The van der Waals surface area contributed by atoms with E-state index in [0.29, 0.717) is 33.3 Å². The number of hydrogen-bond acceptors (Lipinski definition) is 2. The highest BCUT2D eigenvalue weighted by Gasteiger charge is 2.29. The number of anilines is 1. The van der Waals surface area contributed by atoms with Crippen LogP contribution in [-0.4, -0.2) is 18.0 Å². The van der Waals surface area contributed by atoms with Gasteiger partial charge in [-0.15, -0.1) is 0 Å². The largest absolute Gasteiger partial charge is 0.496 e. The van der Waals surface area contributed by atoms with Gasteiger partial charge >= 0.3 is 0 Å². The van der Waals surface area contributed by atoms with Crippen LogP contribution in [0.4, 0.5) is 10.1 Å². The first-order valence-electron chi connectivity index (χ1n) is 6.49. The summed E-state index contributed by atoms with van der Waals surface area (Å²) in [6, 6.07) is 8.31. The van der Waals surface area contributed by atoms with Crippen molar-refractivity contribution in [1.82, 2.24) is 4.98 Å². The van der Waals surface area contributed by atoms with E-state index in [4.69, 9.17) is 4.74 Å². The fourth-order valence-corrected chi connectivity index (χ4v) is 2.88. The number of methoxy groups -OCH3 is 1. The van der Waals surface area contributed by atoms with Gasteiger partial charge in [-0.25, -0.2) is 4.39 Å². The summed E-state index contributed by atoms with van der Waals surface area (Å²) >= 11 is 0. The Labute approximate surface area is 126 Å². The van der Waals surface area contributed by atoms with E-state index in [1.807, 2.05) is 12.1 Å². The van der Waals surface area contributed by atoms with E-state index in [1.54, 1.807) is 18.3 Å². The number of halogens is 1. The van der Waals surface area contributed by atoms with Gasteiger partial charge < -0.3 is 15.0 Å². The molecule has 0 aliphatic carbocycles. The third-order valence-electron chi connectivity index (χ3n) is 3.78. The molecule has 5 heteroatoms. The molecule has 0 fully saturated rings. The van der Waals surface area contributed by atoms with Crippen molar-refractivity contribution in [3.63, 3.8) is 0 Å². The van der Waals surface area contributed by atoms with Gasteiger partial charge in [-0.3, -0.25) is 4.79 Å². The van der Waals surface area contributed by atoms with Crippen LogP contribution in [0, 0.1) is 5.82 Å². The lowest BCUT2D eigenvalue weighted by atomic mass is 9.96. The number of hydrogen-bond donors (Lipinski definition) is 2. The summed E-state index contributed by atoms with van der Waals surface area (Å²) in [6.45, 7) is 0. The highest BCUT2D eigenvalue weighted by molar-refractivity contribution is 6.27. The summed E-state index contributed by atoms with van der Waals surface area (Å²) in [5.74, 6) is -0.219. The Balaban J connectivity index is 0.00000144. The quantitative estimate of drug-likeness (QED) is 0.745. The molecule has 4 nitrogen and oxygen atoms in total. The van der Waals surface area contributed by atoms with E-state index in [-0.39, 0.29) is 13.3 Å². The number of nitrogens with one attached hydrogen (secondary N) is 2. The van der Waals surface area contributed by atoms with E-state index in [1.165, 1.54) is 13.2 Å². The minimum Gasteiger partial charge on any atom is -0.496 e. The average molecular weight is 298 g/mol. The van der Waals surface area contributed by atoms with E-state index >= 15 is 0 Å². The van der Waals surface area contributed by atoms with Gasteiger partial charge in [-0.1, -0.05) is 7.43 Å². The highest BCUT2D eigenvalue weighted by Crippen LogP contribution is 2.44. The molecule has 0 bridgehead atoms. The fourth-order valence-electron chi connectivity index (χ4n) is 2.88. The molecule has 0 spiro atoms.